The molecular formula is C18H16ClN3O3. The van der Waals surface area contributed by atoms with Crippen LogP contribution in [0.2, 0.25) is 5.02 Å². The number of hydrogen-bond donors (Lipinski definition) is 2. The Morgan fingerprint density at radius 1 is 1.28 bits per heavy atom. The minimum absolute atomic E-state index is 0.0779. The molecular weight excluding hydrogens is 342 g/mol. The number of hydrogen-bond acceptors (Lipinski definition) is 4. The van der Waals surface area contributed by atoms with Gasteiger partial charge in [-0.25, -0.2) is 0 Å². The molecule has 0 unspecified atom stereocenters. The van der Waals surface area contributed by atoms with Crippen LogP contribution in [0.1, 0.15) is 22.9 Å². The molecule has 0 aliphatic carbocycles. The van der Waals surface area contributed by atoms with Gasteiger partial charge in [0.2, 0.25) is 0 Å². The van der Waals surface area contributed by atoms with Crippen LogP contribution in [0.4, 0.5) is 5.69 Å². The summed E-state index contributed by atoms with van der Waals surface area (Å²) in [7, 11) is 1.65. The second-order valence-corrected chi connectivity index (χ2v) is 6.44. The number of aromatic amines is 1. The van der Waals surface area contributed by atoms with Crippen LogP contribution in [0, 0.1) is 10.1 Å². The number of aromatic nitrogens is 1. The van der Waals surface area contributed by atoms with Crippen LogP contribution < -0.4 is 10.1 Å². The molecule has 6 nitrogen and oxygen atoms in total. The van der Waals surface area contributed by atoms with Crippen LogP contribution in [-0.4, -0.2) is 23.6 Å². The van der Waals surface area contributed by atoms with Crippen LogP contribution in [0.3, 0.4) is 0 Å². The molecule has 4 rings (SSSR count). The predicted molar refractivity (Wildman–Crippen MR) is 96.5 cm³/mol. The fourth-order valence-electron chi connectivity index (χ4n) is 3.47. The van der Waals surface area contributed by atoms with Gasteiger partial charge in [-0.15, -0.1) is 0 Å². The minimum atomic E-state index is -0.453. The topological polar surface area (TPSA) is 80.2 Å². The molecule has 1 aliphatic heterocycles. The third-order valence-corrected chi connectivity index (χ3v) is 4.98. The predicted octanol–water partition coefficient (Wildman–Crippen LogP) is 3.97. The fourth-order valence-corrected chi connectivity index (χ4v) is 3.65. The van der Waals surface area contributed by atoms with Crippen molar-refractivity contribution in [1.82, 2.24) is 10.3 Å². The lowest BCUT2D eigenvalue weighted by atomic mass is 9.94. The number of benzene rings is 2. The lowest BCUT2D eigenvalue weighted by Crippen LogP contribution is -2.30. The number of methoxy groups -OCH3 is 1. The number of ether oxygens (including phenoxy) is 1. The Hall–Kier alpha value is -2.57. The first-order chi connectivity index (χ1) is 12.1. The Bertz CT molecular complexity index is 983. The number of nitro groups is 1. The van der Waals surface area contributed by atoms with Gasteiger partial charge in [-0.2, -0.15) is 0 Å². The number of rotatable bonds is 3. The third-order valence-electron chi connectivity index (χ3n) is 4.66. The van der Waals surface area contributed by atoms with Gasteiger partial charge in [0.15, 0.2) is 0 Å². The van der Waals surface area contributed by atoms with Crippen molar-refractivity contribution in [2.24, 2.45) is 0 Å². The second-order valence-electron chi connectivity index (χ2n) is 6.03. The Labute approximate surface area is 148 Å². The zero-order valence-corrected chi connectivity index (χ0v) is 14.3. The summed E-state index contributed by atoms with van der Waals surface area (Å²) in [6.07, 6.45) is 0.884. The normalized spacial score (nSPS) is 16.6. The quantitative estimate of drug-likeness (QED) is 0.549. The highest BCUT2D eigenvalue weighted by Gasteiger charge is 2.27. The van der Waals surface area contributed by atoms with Crippen LogP contribution in [0.5, 0.6) is 5.75 Å². The fraction of sp³-hybridized carbons (Fsp3) is 0.222. The monoisotopic (exact) mass is 357 g/mol. The SMILES string of the molecule is COc1ccc2[nH]c3c(c2c1)CCN[C@H]3c1ccc(Cl)c([N+](=O)[O-])c1. The lowest BCUT2D eigenvalue weighted by Gasteiger charge is -2.24. The molecule has 0 amide bonds. The molecule has 0 radical (unpaired) electrons. The zero-order chi connectivity index (χ0) is 17.6. The molecule has 25 heavy (non-hydrogen) atoms. The summed E-state index contributed by atoms with van der Waals surface area (Å²) in [5.41, 5.74) is 4.02. The van der Waals surface area contributed by atoms with E-state index in [2.05, 4.69) is 10.3 Å². The summed E-state index contributed by atoms with van der Waals surface area (Å²) in [5, 5.41) is 15.9. The average Bonchev–Trinajstić information content (AvgIpc) is 2.99. The van der Waals surface area contributed by atoms with Crippen molar-refractivity contribution in [3.8, 4) is 5.75 Å². The van der Waals surface area contributed by atoms with Gasteiger partial charge >= 0.3 is 0 Å². The van der Waals surface area contributed by atoms with E-state index in [1.807, 2.05) is 24.3 Å². The highest BCUT2D eigenvalue weighted by atomic mass is 35.5. The number of nitrogens with one attached hydrogen (secondary N) is 2. The smallest absolute Gasteiger partial charge is 0.288 e. The summed E-state index contributed by atoms with van der Waals surface area (Å²) < 4.78 is 5.33. The first kappa shape index (κ1) is 15.9. The number of halogens is 1. The van der Waals surface area contributed by atoms with Gasteiger partial charge in [-0.1, -0.05) is 17.7 Å². The highest BCUT2D eigenvalue weighted by molar-refractivity contribution is 6.32. The summed E-state index contributed by atoms with van der Waals surface area (Å²) in [6, 6.07) is 10.7. The number of H-pyrrole nitrogens is 1. The Morgan fingerprint density at radius 3 is 2.88 bits per heavy atom. The molecule has 0 bridgehead atoms. The largest absolute Gasteiger partial charge is 0.497 e. The molecule has 128 valence electrons. The molecule has 0 spiro atoms. The third kappa shape index (κ3) is 2.63. The van der Waals surface area contributed by atoms with Gasteiger partial charge in [0, 0.05) is 29.2 Å². The van der Waals surface area contributed by atoms with Crippen LogP contribution in [0.15, 0.2) is 36.4 Å². The van der Waals surface area contributed by atoms with Crippen molar-refractivity contribution in [2.45, 2.75) is 12.5 Å². The van der Waals surface area contributed by atoms with Crippen LogP contribution >= 0.6 is 11.6 Å². The molecule has 2 aromatic carbocycles. The molecule has 1 aromatic heterocycles. The first-order valence-corrected chi connectivity index (χ1v) is 8.32. The van der Waals surface area contributed by atoms with Crippen molar-refractivity contribution in [2.75, 3.05) is 13.7 Å². The number of nitro benzene ring substituents is 1. The Balaban J connectivity index is 1.85. The van der Waals surface area contributed by atoms with Gasteiger partial charge in [0.05, 0.1) is 18.1 Å². The average molecular weight is 358 g/mol. The molecule has 0 fully saturated rings. The summed E-state index contributed by atoms with van der Waals surface area (Å²) in [6.45, 7) is 0.790. The van der Waals surface area contributed by atoms with E-state index in [0.717, 1.165) is 40.9 Å². The molecule has 7 heteroatoms. The second kappa shape index (κ2) is 6.06. The zero-order valence-electron chi connectivity index (χ0n) is 13.5. The van der Waals surface area contributed by atoms with Crippen molar-refractivity contribution < 1.29 is 9.66 Å². The van der Waals surface area contributed by atoms with Gasteiger partial charge in [-0.05, 0) is 41.8 Å². The van der Waals surface area contributed by atoms with E-state index in [4.69, 9.17) is 16.3 Å². The maximum absolute atomic E-state index is 11.2. The van der Waals surface area contributed by atoms with E-state index in [-0.39, 0.29) is 16.8 Å². The maximum atomic E-state index is 11.2. The van der Waals surface area contributed by atoms with Crippen LogP contribution in [0.25, 0.3) is 10.9 Å². The first-order valence-electron chi connectivity index (χ1n) is 7.94. The Kier molecular flexibility index (Phi) is 3.86. The van der Waals surface area contributed by atoms with Gasteiger partial charge < -0.3 is 15.0 Å². The van der Waals surface area contributed by atoms with Crippen LogP contribution in [-0.2, 0) is 6.42 Å². The van der Waals surface area contributed by atoms with Crippen molar-refractivity contribution >= 4 is 28.2 Å². The number of nitrogens with zero attached hydrogens (tertiary/aromatic N) is 1. The van der Waals surface area contributed by atoms with E-state index in [0.29, 0.717) is 0 Å². The number of fused-ring (bicyclic) bond motifs is 3. The molecule has 3 aromatic rings. The van der Waals surface area contributed by atoms with E-state index in [1.54, 1.807) is 19.2 Å². The minimum Gasteiger partial charge on any atom is -0.497 e. The summed E-state index contributed by atoms with van der Waals surface area (Å²) in [4.78, 5) is 14.2. The molecule has 0 saturated heterocycles. The molecule has 0 saturated carbocycles. The van der Waals surface area contributed by atoms with Gasteiger partial charge in [-0.3, -0.25) is 10.1 Å². The lowest BCUT2D eigenvalue weighted by molar-refractivity contribution is -0.384. The van der Waals surface area contributed by atoms with Gasteiger partial charge in [0.25, 0.3) is 5.69 Å². The highest BCUT2D eigenvalue weighted by Crippen LogP contribution is 2.37. The van der Waals surface area contributed by atoms with Crippen molar-refractivity contribution in [3.05, 3.63) is 68.4 Å². The Morgan fingerprint density at radius 2 is 2.12 bits per heavy atom. The maximum Gasteiger partial charge on any atom is 0.288 e. The molecule has 2 N–H and O–H groups in total. The molecule has 2 heterocycles. The van der Waals surface area contributed by atoms with E-state index in [1.165, 1.54) is 5.56 Å². The van der Waals surface area contributed by atoms with Crippen molar-refractivity contribution in [3.63, 3.8) is 0 Å². The van der Waals surface area contributed by atoms with Crippen molar-refractivity contribution in [1.29, 1.82) is 0 Å². The van der Waals surface area contributed by atoms with Gasteiger partial charge in [0.1, 0.15) is 10.8 Å². The van der Waals surface area contributed by atoms with E-state index >= 15 is 0 Å². The molecule has 1 atom stereocenters. The molecule has 1 aliphatic rings. The van der Waals surface area contributed by atoms with E-state index < -0.39 is 4.92 Å². The summed E-state index contributed by atoms with van der Waals surface area (Å²) in [5.74, 6) is 0.812. The summed E-state index contributed by atoms with van der Waals surface area (Å²) >= 11 is 5.94. The van der Waals surface area contributed by atoms with E-state index in [9.17, 15) is 10.1 Å². The standard InChI is InChI=1S/C18H16ClN3O3/c1-25-11-3-5-15-13(9-11)12-6-7-20-17(18(12)21-15)10-2-4-14(19)16(8-10)22(23)24/h2-5,8-9,17,20-21H,6-7H2,1H3/t17-/m0/s1.